The van der Waals surface area contributed by atoms with Crippen LogP contribution < -0.4 is 14.8 Å². The van der Waals surface area contributed by atoms with E-state index in [0.29, 0.717) is 22.7 Å². The highest BCUT2D eigenvalue weighted by atomic mass is 16.7. The normalized spacial score (nSPS) is 12.2. The summed E-state index contributed by atoms with van der Waals surface area (Å²) < 4.78 is 15.4. The van der Waals surface area contributed by atoms with Crippen molar-refractivity contribution >= 4 is 23.6 Å². The molecule has 0 saturated heterocycles. The summed E-state index contributed by atoms with van der Waals surface area (Å²) in [6, 6.07) is 14.2. The number of hydrogen-bond donors (Lipinski definition) is 1. The number of ether oxygens (including phenoxy) is 3. The van der Waals surface area contributed by atoms with Gasteiger partial charge in [0, 0.05) is 5.69 Å². The molecule has 7 heteroatoms. The van der Waals surface area contributed by atoms with Crippen LogP contribution in [0.15, 0.2) is 48.0 Å². The number of benzene rings is 2. The molecule has 1 N–H and O–H groups in total. The second kappa shape index (κ2) is 8.73. The molecule has 0 spiro atoms. The molecule has 0 fully saturated rings. The van der Waals surface area contributed by atoms with Crippen LogP contribution in [-0.4, -0.2) is 25.3 Å². The van der Waals surface area contributed by atoms with Gasteiger partial charge in [0.05, 0.1) is 0 Å². The van der Waals surface area contributed by atoms with E-state index in [1.54, 1.807) is 36.4 Å². The Labute approximate surface area is 162 Å². The van der Waals surface area contributed by atoms with E-state index in [1.807, 2.05) is 19.1 Å². The standard InChI is InChI=1S/C21H18N2O5/c1-2-14-3-6-17(7-4-14)23-20(24)12-26-21(25)16(11-22)9-15-5-8-18-19(10-15)28-13-27-18/h3-10H,2,12-13H2,1H3,(H,23,24)/b16-9+. The number of nitrogens with zero attached hydrogens (tertiary/aromatic N) is 1. The number of nitriles is 1. The van der Waals surface area contributed by atoms with Gasteiger partial charge in [-0.1, -0.05) is 25.1 Å². The molecular formula is C21H18N2O5. The van der Waals surface area contributed by atoms with Crippen LogP contribution in [0.3, 0.4) is 0 Å². The van der Waals surface area contributed by atoms with Gasteiger partial charge in [-0.25, -0.2) is 4.79 Å². The zero-order valence-corrected chi connectivity index (χ0v) is 15.2. The molecule has 1 amide bonds. The lowest BCUT2D eigenvalue weighted by molar-refractivity contribution is -0.142. The zero-order chi connectivity index (χ0) is 19.9. The largest absolute Gasteiger partial charge is 0.454 e. The minimum Gasteiger partial charge on any atom is -0.454 e. The molecule has 142 valence electrons. The van der Waals surface area contributed by atoms with Crippen molar-refractivity contribution in [3.8, 4) is 17.6 Å². The Balaban J connectivity index is 1.57. The lowest BCUT2D eigenvalue weighted by atomic mass is 10.1. The molecule has 1 aliphatic heterocycles. The zero-order valence-electron chi connectivity index (χ0n) is 15.2. The summed E-state index contributed by atoms with van der Waals surface area (Å²) in [4.78, 5) is 24.1. The molecule has 3 rings (SSSR count). The predicted octanol–water partition coefficient (Wildman–Crippen LogP) is 3.07. The minimum absolute atomic E-state index is 0.131. The van der Waals surface area contributed by atoms with Crippen LogP contribution in [0.5, 0.6) is 11.5 Å². The van der Waals surface area contributed by atoms with Crippen LogP contribution in [0.4, 0.5) is 5.69 Å². The lowest BCUT2D eigenvalue weighted by Crippen LogP contribution is -2.21. The third kappa shape index (κ3) is 4.68. The Bertz CT molecular complexity index is 958. The molecule has 0 aromatic heterocycles. The third-order valence-electron chi connectivity index (χ3n) is 4.03. The molecule has 0 bridgehead atoms. The topological polar surface area (TPSA) is 97.7 Å². The van der Waals surface area contributed by atoms with Crippen LogP contribution in [0.1, 0.15) is 18.1 Å². The summed E-state index contributed by atoms with van der Waals surface area (Å²) in [5.41, 5.74) is 2.11. The summed E-state index contributed by atoms with van der Waals surface area (Å²) in [7, 11) is 0. The number of rotatable bonds is 6. The number of nitrogens with one attached hydrogen (secondary N) is 1. The predicted molar refractivity (Wildman–Crippen MR) is 102 cm³/mol. The maximum absolute atomic E-state index is 12.1. The quantitative estimate of drug-likeness (QED) is 0.471. The van der Waals surface area contributed by atoms with Crippen molar-refractivity contribution in [3.05, 3.63) is 59.2 Å². The first-order valence-corrected chi connectivity index (χ1v) is 8.66. The van der Waals surface area contributed by atoms with Crippen LogP contribution in [0.2, 0.25) is 0 Å². The highest BCUT2D eigenvalue weighted by molar-refractivity contribution is 6.00. The van der Waals surface area contributed by atoms with E-state index in [-0.39, 0.29) is 12.4 Å². The lowest BCUT2D eigenvalue weighted by Gasteiger charge is -2.07. The molecule has 0 atom stereocenters. The Morgan fingerprint density at radius 1 is 1.18 bits per heavy atom. The number of carbonyl (C=O) groups excluding carboxylic acids is 2. The summed E-state index contributed by atoms with van der Waals surface area (Å²) >= 11 is 0. The molecule has 2 aromatic carbocycles. The fourth-order valence-electron chi connectivity index (χ4n) is 2.54. The maximum atomic E-state index is 12.1. The summed E-state index contributed by atoms with van der Waals surface area (Å²) in [6.45, 7) is 1.68. The van der Waals surface area contributed by atoms with Crippen LogP contribution in [-0.2, 0) is 20.7 Å². The second-order valence-electron chi connectivity index (χ2n) is 5.96. The number of esters is 1. The summed E-state index contributed by atoms with van der Waals surface area (Å²) in [6.07, 6.45) is 2.27. The van der Waals surface area contributed by atoms with Gasteiger partial charge in [-0.15, -0.1) is 0 Å². The molecule has 0 saturated carbocycles. The van der Waals surface area contributed by atoms with E-state index >= 15 is 0 Å². The van der Waals surface area contributed by atoms with Gasteiger partial charge < -0.3 is 19.5 Å². The Hall–Kier alpha value is -3.79. The molecule has 28 heavy (non-hydrogen) atoms. The van der Waals surface area contributed by atoms with Gasteiger partial charge in [-0.2, -0.15) is 5.26 Å². The SMILES string of the molecule is CCc1ccc(NC(=O)COC(=O)/C(C#N)=C/c2ccc3c(c2)OCO3)cc1. The molecule has 0 radical (unpaired) electrons. The van der Waals surface area contributed by atoms with Gasteiger partial charge >= 0.3 is 5.97 Å². The highest BCUT2D eigenvalue weighted by Gasteiger charge is 2.16. The summed E-state index contributed by atoms with van der Waals surface area (Å²) in [5.74, 6) is -0.232. The minimum atomic E-state index is -0.878. The number of amides is 1. The fraction of sp³-hybridized carbons (Fsp3) is 0.190. The number of carbonyl (C=O) groups is 2. The average molecular weight is 378 g/mol. The van der Waals surface area contributed by atoms with Gasteiger partial charge in [-0.05, 0) is 47.9 Å². The molecule has 1 aliphatic rings. The molecule has 7 nitrogen and oxygen atoms in total. The van der Waals surface area contributed by atoms with Crippen LogP contribution in [0, 0.1) is 11.3 Å². The van der Waals surface area contributed by atoms with Gasteiger partial charge in [0.15, 0.2) is 18.1 Å². The van der Waals surface area contributed by atoms with Gasteiger partial charge in [-0.3, -0.25) is 4.79 Å². The average Bonchev–Trinajstić information content (AvgIpc) is 3.18. The second-order valence-corrected chi connectivity index (χ2v) is 5.96. The number of fused-ring (bicyclic) bond motifs is 1. The number of aryl methyl sites for hydroxylation is 1. The molecule has 1 heterocycles. The van der Waals surface area contributed by atoms with Crippen molar-refractivity contribution in [3.63, 3.8) is 0 Å². The van der Waals surface area contributed by atoms with Crippen molar-refractivity contribution in [2.24, 2.45) is 0 Å². The first kappa shape index (κ1) is 19.0. The highest BCUT2D eigenvalue weighted by Crippen LogP contribution is 2.33. The van der Waals surface area contributed by atoms with Crippen LogP contribution >= 0.6 is 0 Å². The van der Waals surface area contributed by atoms with Gasteiger partial charge in [0.2, 0.25) is 6.79 Å². The number of hydrogen-bond acceptors (Lipinski definition) is 6. The maximum Gasteiger partial charge on any atom is 0.349 e. The first-order valence-electron chi connectivity index (χ1n) is 8.66. The molecule has 2 aromatic rings. The fourth-order valence-corrected chi connectivity index (χ4v) is 2.54. The van der Waals surface area contributed by atoms with Gasteiger partial charge in [0.1, 0.15) is 11.6 Å². The van der Waals surface area contributed by atoms with E-state index < -0.39 is 18.5 Å². The Morgan fingerprint density at radius 2 is 1.93 bits per heavy atom. The van der Waals surface area contributed by atoms with E-state index in [4.69, 9.17) is 14.2 Å². The molecule has 0 unspecified atom stereocenters. The smallest absolute Gasteiger partial charge is 0.349 e. The summed E-state index contributed by atoms with van der Waals surface area (Å²) in [5, 5.41) is 11.9. The van der Waals surface area contributed by atoms with Crippen molar-refractivity contribution in [1.82, 2.24) is 0 Å². The van der Waals surface area contributed by atoms with Crippen molar-refractivity contribution < 1.29 is 23.8 Å². The van der Waals surface area contributed by atoms with Crippen molar-refractivity contribution in [2.75, 3.05) is 18.7 Å². The first-order chi connectivity index (χ1) is 13.6. The third-order valence-corrected chi connectivity index (χ3v) is 4.03. The van der Waals surface area contributed by atoms with E-state index in [2.05, 4.69) is 5.32 Å². The molecular weight excluding hydrogens is 360 g/mol. The number of anilines is 1. The van der Waals surface area contributed by atoms with E-state index in [1.165, 1.54) is 6.08 Å². The monoisotopic (exact) mass is 378 g/mol. The Kier molecular flexibility index (Phi) is 5.92. The Morgan fingerprint density at radius 3 is 2.64 bits per heavy atom. The van der Waals surface area contributed by atoms with Crippen molar-refractivity contribution in [2.45, 2.75) is 13.3 Å². The van der Waals surface area contributed by atoms with E-state index in [0.717, 1.165) is 12.0 Å². The van der Waals surface area contributed by atoms with E-state index in [9.17, 15) is 14.9 Å². The van der Waals surface area contributed by atoms with Gasteiger partial charge in [0.25, 0.3) is 5.91 Å². The van der Waals surface area contributed by atoms with Crippen molar-refractivity contribution in [1.29, 1.82) is 5.26 Å². The van der Waals surface area contributed by atoms with Crippen LogP contribution in [0.25, 0.3) is 6.08 Å². The molecule has 0 aliphatic carbocycles.